The third-order valence-corrected chi connectivity index (χ3v) is 3.85. The first kappa shape index (κ1) is 19.9. The topological polar surface area (TPSA) is 57.6 Å². The van der Waals surface area contributed by atoms with Gasteiger partial charge >= 0.3 is 35.5 Å². The van der Waals surface area contributed by atoms with Crippen LogP contribution >= 0.6 is 0 Å². The monoisotopic (exact) mass is 292 g/mol. The molecule has 4 nitrogen and oxygen atoms in total. The maximum atomic E-state index is 12.0. The van der Waals surface area contributed by atoms with Crippen LogP contribution in [0.2, 0.25) is 0 Å². The summed E-state index contributed by atoms with van der Waals surface area (Å²) in [6.45, 7) is 2.82. The van der Waals surface area contributed by atoms with Gasteiger partial charge in [-0.25, -0.2) is 4.79 Å². The standard InChI is InChI=1S/C15H27NO3.Na/c1-2-3-4-5-6-7-8-11-14(17)16-12-9-10-13(16)15(18)19;/h13H,2-12H2,1H3,(H,18,19);/q;+1/t13-;/m0./s1. The quantitative estimate of drug-likeness (QED) is 0.488. The van der Waals surface area contributed by atoms with E-state index in [1.165, 1.54) is 32.1 Å². The first-order valence-corrected chi connectivity index (χ1v) is 7.69. The van der Waals surface area contributed by atoms with Gasteiger partial charge in [0.15, 0.2) is 0 Å². The van der Waals surface area contributed by atoms with Gasteiger partial charge in [-0.15, -0.1) is 0 Å². The zero-order valence-corrected chi connectivity index (χ0v) is 15.1. The second kappa shape index (κ2) is 11.6. The minimum absolute atomic E-state index is 0. The molecule has 1 saturated heterocycles. The number of hydrogen-bond donors (Lipinski definition) is 1. The zero-order chi connectivity index (χ0) is 14.1. The number of carbonyl (C=O) groups excluding carboxylic acids is 1. The van der Waals surface area contributed by atoms with Crippen LogP contribution < -0.4 is 29.6 Å². The average Bonchev–Trinajstić information content (AvgIpc) is 2.87. The van der Waals surface area contributed by atoms with Gasteiger partial charge < -0.3 is 10.0 Å². The number of likely N-dealkylation sites (tertiary alicyclic amines) is 1. The summed E-state index contributed by atoms with van der Waals surface area (Å²) in [5.74, 6) is -0.830. The number of carboxylic acids is 1. The van der Waals surface area contributed by atoms with Crippen LogP contribution in [0.4, 0.5) is 0 Å². The van der Waals surface area contributed by atoms with Crippen molar-refractivity contribution < 1.29 is 44.3 Å². The number of hydrogen-bond acceptors (Lipinski definition) is 2. The summed E-state index contributed by atoms with van der Waals surface area (Å²) < 4.78 is 0. The molecule has 1 fully saturated rings. The Kier molecular flexibility index (Phi) is 11.5. The van der Waals surface area contributed by atoms with Gasteiger partial charge in [0, 0.05) is 13.0 Å². The fourth-order valence-corrected chi connectivity index (χ4v) is 2.70. The largest absolute Gasteiger partial charge is 1.00 e. The molecule has 1 aliphatic rings. The minimum Gasteiger partial charge on any atom is -0.480 e. The van der Waals surface area contributed by atoms with E-state index in [0.717, 1.165) is 19.3 Å². The van der Waals surface area contributed by atoms with Crippen molar-refractivity contribution in [2.45, 2.75) is 77.2 Å². The number of carboxylic acid groups (broad SMARTS) is 1. The molecule has 0 aromatic carbocycles. The molecule has 1 amide bonds. The fraction of sp³-hybridized carbons (Fsp3) is 0.867. The molecule has 1 atom stereocenters. The van der Waals surface area contributed by atoms with Gasteiger partial charge in [0.1, 0.15) is 6.04 Å². The summed E-state index contributed by atoms with van der Waals surface area (Å²) in [5, 5.41) is 9.03. The molecular formula is C15H27NNaO3+. The van der Waals surface area contributed by atoms with Crippen LogP contribution in [0.5, 0.6) is 0 Å². The molecule has 110 valence electrons. The second-order valence-corrected chi connectivity index (χ2v) is 5.45. The van der Waals surface area contributed by atoms with E-state index in [4.69, 9.17) is 5.11 Å². The van der Waals surface area contributed by atoms with E-state index < -0.39 is 12.0 Å². The number of unbranched alkanes of at least 4 members (excludes halogenated alkanes) is 6. The molecular weight excluding hydrogens is 265 g/mol. The molecule has 0 saturated carbocycles. The van der Waals surface area contributed by atoms with E-state index in [0.29, 0.717) is 19.4 Å². The van der Waals surface area contributed by atoms with Crippen molar-refractivity contribution in [2.24, 2.45) is 0 Å². The summed E-state index contributed by atoms with van der Waals surface area (Å²) in [5.41, 5.74) is 0. The number of nitrogens with zero attached hydrogens (tertiary/aromatic N) is 1. The van der Waals surface area contributed by atoms with Crippen LogP contribution in [-0.2, 0) is 9.59 Å². The van der Waals surface area contributed by atoms with Crippen LogP contribution in [0.1, 0.15) is 71.1 Å². The van der Waals surface area contributed by atoms with Gasteiger partial charge in [-0.3, -0.25) is 4.79 Å². The third kappa shape index (κ3) is 7.09. The number of rotatable bonds is 9. The van der Waals surface area contributed by atoms with Crippen molar-refractivity contribution in [3.05, 3.63) is 0 Å². The van der Waals surface area contributed by atoms with E-state index in [1.807, 2.05) is 0 Å². The number of aliphatic carboxylic acids is 1. The molecule has 0 aromatic heterocycles. The van der Waals surface area contributed by atoms with Crippen molar-refractivity contribution in [1.82, 2.24) is 4.90 Å². The fourth-order valence-electron chi connectivity index (χ4n) is 2.70. The minimum atomic E-state index is -0.856. The van der Waals surface area contributed by atoms with Crippen molar-refractivity contribution in [3.63, 3.8) is 0 Å². The smallest absolute Gasteiger partial charge is 0.480 e. The van der Waals surface area contributed by atoms with E-state index in [9.17, 15) is 9.59 Å². The van der Waals surface area contributed by atoms with Gasteiger partial charge in [-0.2, -0.15) is 0 Å². The normalized spacial score (nSPS) is 17.9. The van der Waals surface area contributed by atoms with E-state index in [-0.39, 0.29) is 35.5 Å². The van der Waals surface area contributed by atoms with Crippen molar-refractivity contribution in [3.8, 4) is 0 Å². The van der Waals surface area contributed by atoms with E-state index in [1.54, 1.807) is 4.90 Å². The summed E-state index contributed by atoms with van der Waals surface area (Å²) in [7, 11) is 0. The Labute approximate surface area is 144 Å². The van der Waals surface area contributed by atoms with Crippen LogP contribution in [0.3, 0.4) is 0 Å². The van der Waals surface area contributed by atoms with Gasteiger partial charge in [-0.05, 0) is 19.3 Å². The Morgan fingerprint density at radius 1 is 1.10 bits per heavy atom. The molecule has 1 rings (SSSR count). The average molecular weight is 292 g/mol. The maximum absolute atomic E-state index is 12.0. The Morgan fingerprint density at radius 3 is 2.30 bits per heavy atom. The van der Waals surface area contributed by atoms with Crippen LogP contribution in [0, 0.1) is 0 Å². The molecule has 0 bridgehead atoms. The molecule has 0 radical (unpaired) electrons. The molecule has 5 heteroatoms. The summed E-state index contributed by atoms with van der Waals surface area (Å²) >= 11 is 0. The van der Waals surface area contributed by atoms with E-state index >= 15 is 0 Å². The van der Waals surface area contributed by atoms with Crippen molar-refractivity contribution >= 4 is 11.9 Å². The first-order valence-electron chi connectivity index (χ1n) is 7.69. The van der Waals surface area contributed by atoms with Gasteiger partial charge in [0.25, 0.3) is 0 Å². The molecule has 1 aliphatic heterocycles. The Balaban J connectivity index is 0.00000361. The Morgan fingerprint density at radius 2 is 1.70 bits per heavy atom. The summed E-state index contributed by atoms with van der Waals surface area (Å²) in [6, 6.07) is -0.572. The zero-order valence-electron chi connectivity index (χ0n) is 13.1. The van der Waals surface area contributed by atoms with Crippen LogP contribution in [0.15, 0.2) is 0 Å². The van der Waals surface area contributed by atoms with Crippen molar-refractivity contribution in [1.29, 1.82) is 0 Å². The SMILES string of the molecule is CCCCCCCCCC(=O)N1CCC[C@H]1C(=O)O.[Na+]. The number of amides is 1. The molecule has 0 unspecified atom stereocenters. The van der Waals surface area contributed by atoms with Gasteiger partial charge in [0.2, 0.25) is 5.91 Å². The van der Waals surface area contributed by atoms with Gasteiger partial charge in [0.05, 0.1) is 0 Å². The van der Waals surface area contributed by atoms with Crippen LogP contribution in [-0.4, -0.2) is 34.5 Å². The predicted molar refractivity (Wildman–Crippen MR) is 75.0 cm³/mol. The van der Waals surface area contributed by atoms with E-state index in [2.05, 4.69) is 6.92 Å². The van der Waals surface area contributed by atoms with Gasteiger partial charge in [-0.1, -0.05) is 45.4 Å². The summed E-state index contributed by atoms with van der Waals surface area (Å²) in [6.07, 6.45) is 10.2. The molecule has 0 aliphatic carbocycles. The first-order chi connectivity index (χ1) is 9.16. The molecule has 20 heavy (non-hydrogen) atoms. The Bertz CT molecular complexity index is 297. The molecule has 0 aromatic rings. The predicted octanol–water partition coefficient (Wildman–Crippen LogP) is 0.207. The van der Waals surface area contributed by atoms with Crippen LogP contribution in [0.25, 0.3) is 0 Å². The molecule has 1 heterocycles. The molecule has 1 N–H and O–H groups in total. The Hall–Kier alpha value is -0.0600. The van der Waals surface area contributed by atoms with Crippen molar-refractivity contribution in [2.75, 3.05) is 6.54 Å². The third-order valence-electron chi connectivity index (χ3n) is 3.85. The molecule has 0 spiro atoms. The second-order valence-electron chi connectivity index (χ2n) is 5.45. The number of carbonyl (C=O) groups is 2. The summed E-state index contributed by atoms with van der Waals surface area (Å²) in [4.78, 5) is 24.5. The maximum Gasteiger partial charge on any atom is 1.00 e.